The fourth-order valence-electron chi connectivity index (χ4n) is 2.85. The van der Waals surface area contributed by atoms with Gasteiger partial charge in [-0.1, -0.05) is 44.7 Å². The van der Waals surface area contributed by atoms with E-state index in [1.807, 2.05) is 0 Å². The Hall–Kier alpha value is -2.03. The van der Waals surface area contributed by atoms with Gasteiger partial charge < -0.3 is 9.47 Å². The Morgan fingerprint density at radius 3 is 2.41 bits per heavy atom. The molecule has 22 heavy (non-hydrogen) atoms. The summed E-state index contributed by atoms with van der Waals surface area (Å²) in [6, 6.07) is 8.36. The first-order chi connectivity index (χ1) is 10.5. The first-order valence-electron chi connectivity index (χ1n) is 7.81. The molecule has 0 saturated heterocycles. The third-order valence-corrected chi connectivity index (χ3v) is 4.37. The van der Waals surface area contributed by atoms with Crippen molar-refractivity contribution < 1.29 is 14.3 Å². The van der Waals surface area contributed by atoms with E-state index in [0.717, 1.165) is 24.2 Å². The molecule has 1 unspecified atom stereocenters. The predicted octanol–water partition coefficient (Wildman–Crippen LogP) is 4.27. The van der Waals surface area contributed by atoms with Gasteiger partial charge in [-0.05, 0) is 29.9 Å². The average molecular weight is 298 g/mol. The number of carbonyl (C=O) groups is 1. The van der Waals surface area contributed by atoms with Crippen molar-refractivity contribution in [3.8, 4) is 0 Å². The minimum Gasteiger partial charge on any atom is -0.484 e. The molecule has 1 aromatic carbocycles. The van der Waals surface area contributed by atoms with Crippen LogP contribution >= 0.6 is 0 Å². The molecule has 1 fully saturated rings. The molecule has 1 aromatic rings. The Labute approximate surface area is 131 Å². The quantitative estimate of drug-likeness (QED) is 0.779. The molecule has 1 heterocycles. The van der Waals surface area contributed by atoms with E-state index in [1.165, 1.54) is 12.7 Å². The van der Waals surface area contributed by atoms with Crippen molar-refractivity contribution in [1.82, 2.24) is 0 Å². The Bertz CT molecular complexity index is 633. The zero-order chi connectivity index (χ0) is 15.9. The lowest BCUT2D eigenvalue weighted by Crippen LogP contribution is -2.08. The van der Waals surface area contributed by atoms with Gasteiger partial charge in [0.25, 0.3) is 0 Å². The van der Waals surface area contributed by atoms with E-state index in [1.54, 1.807) is 0 Å². The number of rotatable bonds is 4. The number of allylic oxidation sites excluding steroid dienone is 1. The maximum absolute atomic E-state index is 12.1. The van der Waals surface area contributed by atoms with Gasteiger partial charge in [0.2, 0.25) is 0 Å². The van der Waals surface area contributed by atoms with Gasteiger partial charge in [-0.15, -0.1) is 0 Å². The van der Waals surface area contributed by atoms with Crippen LogP contribution in [0.25, 0.3) is 0 Å². The molecular formula is C19H22O3. The maximum atomic E-state index is 12.1. The zero-order valence-corrected chi connectivity index (χ0v) is 13.4. The van der Waals surface area contributed by atoms with Crippen molar-refractivity contribution in [3.63, 3.8) is 0 Å². The molecule has 3 rings (SSSR count). The van der Waals surface area contributed by atoms with Gasteiger partial charge in [0.15, 0.2) is 0 Å². The van der Waals surface area contributed by atoms with Gasteiger partial charge in [-0.3, -0.25) is 0 Å². The van der Waals surface area contributed by atoms with Crippen molar-refractivity contribution in [3.05, 3.63) is 58.9 Å². The van der Waals surface area contributed by atoms with Crippen LogP contribution in [0.5, 0.6) is 0 Å². The van der Waals surface area contributed by atoms with Crippen LogP contribution < -0.4 is 0 Å². The summed E-state index contributed by atoms with van der Waals surface area (Å²) >= 11 is 0. The van der Waals surface area contributed by atoms with Gasteiger partial charge in [0.05, 0.1) is 7.11 Å². The van der Waals surface area contributed by atoms with Gasteiger partial charge in [0, 0.05) is 11.5 Å². The molecule has 1 aliphatic carbocycles. The molecule has 3 nitrogen and oxygen atoms in total. The topological polar surface area (TPSA) is 35.5 Å². The third kappa shape index (κ3) is 2.56. The van der Waals surface area contributed by atoms with Gasteiger partial charge >= 0.3 is 5.97 Å². The monoisotopic (exact) mass is 298 g/mol. The molecule has 0 N–H and O–H groups in total. The van der Waals surface area contributed by atoms with Crippen LogP contribution in [0.3, 0.4) is 0 Å². The number of hydrogen-bond donors (Lipinski definition) is 0. The Morgan fingerprint density at radius 1 is 1.27 bits per heavy atom. The summed E-state index contributed by atoms with van der Waals surface area (Å²) in [5.41, 5.74) is 3.58. The summed E-state index contributed by atoms with van der Waals surface area (Å²) in [7, 11) is 1.40. The summed E-state index contributed by atoms with van der Waals surface area (Å²) in [5, 5.41) is 0. The summed E-state index contributed by atoms with van der Waals surface area (Å²) in [6.45, 7) is 8.43. The van der Waals surface area contributed by atoms with Crippen LogP contribution in [0.1, 0.15) is 49.8 Å². The van der Waals surface area contributed by atoms with Crippen molar-refractivity contribution in [2.45, 2.75) is 38.7 Å². The van der Waals surface area contributed by atoms with Crippen LogP contribution in [-0.4, -0.2) is 13.1 Å². The molecule has 2 aliphatic rings. The van der Waals surface area contributed by atoms with Crippen LogP contribution in [-0.2, 0) is 14.3 Å². The first-order valence-corrected chi connectivity index (χ1v) is 7.81. The van der Waals surface area contributed by atoms with E-state index in [0.29, 0.717) is 23.0 Å². The second-order valence-corrected chi connectivity index (χ2v) is 6.35. The van der Waals surface area contributed by atoms with Gasteiger partial charge in [-0.2, -0.15) is 0 Å². The molecule has 116 valence electrons. The van der Waals surface area contributed by atoms with E-state index in [4.69, 9.17) is 9.47 Å². The zero-order valence-electron chi connectivity index (χ0n) is 13.4. The molecule has 1 saturated carbocycles. The highest BCUT2D eigenvalue weighted by atomic mass is 16.5. The molecule has 0 radical (unpaired) electrons. The van der Waals surface area contributed by atoms with E-state index >= 15 is 0 Å². The van der Waals surface area contributed by atoms with Crippen molar-refractivity contribution in [2.24, 2.45) is 5.92 Å². The average Bonchev–Trinajstić information content (AvgIpc) is 3.30. The fourth-order valence-corrected chi connectivity index (χ4v) is 2.85. The summed E-state index contributed by atoms with van der Waals surface area (Å²) < 4.78 is 11.0. The minimum absolute atomic E-state index is 0.272. The normalized spacial score (nSPS) is 21.3. The molecule has 0 aromatic heterocycles. The van der Waals surface area contributed by atoms with E-state index < -0.39 is 0 Å². The summed E-state index contributed by atoms with van der Waals surface area (Å²) in [4.78, 5) is 12.1. The maximum Gasteiger partial charge on any atom is 0.341 e. The molecule has 1 atom stereocenters. The number of hydrogen-bond acceptors (Lipinski definition) is 3. The SMILES string of the molecule is C=C1C(C(=O)OC)=C(C2CC2)OC1c1ccc(C(C)C)cc1. The van der Waals surface area contributed by atoms with Crippen molar-refractivity contribution >= 4 is 5.97 Å². The number of benzene rings is 1. The first kappa shape index (κ1) is 14.9. The second-order valence-electron chi connectivity index (χ2n) is 6.35. The lowest BCUT2D eigenvalue weighted by atomic mass is 9.95. The highest BCUT2D eigenvalue weighted by Crippen LogP contribution is 2.49. The standard InChI is InChI=1S/C19H22O3/c1-11(2)13-5-7-14(8-6-13)17-12(3)16(19(20)21-4)18(22-17)15-9-10-15/h5-8,11,15,17H,3,9-10H2,1-2,4H3. The number of esters is 1. The van der Waals surface area contributed by atoms with Crippen LogP contribution in [0.4, 0.5) is 0 Å². The van der Waals surface area contributed by atoms with Crippen LogP contribution in [0, 0.1) is 5.92 Å². The van der Waals surface area contributed by atoms with Crippen molar-refractivity contribution in [2.75, 3.05) is 7.11 Å². The lowest BCUT2D eigenvalue weighted by molar-refractivity contribution is -0.135. The predicted molar refractivity (Wildman–Crippen MR) is 85.3 cm³/mol. The highest BCUT2D eigenvalue weighted by molar-refractivity contribution is 5.95. The summed E-state index contributed by atoms with van der Waals surface area (Å²) in [6.07, 6.45) is 1.87. The molecule has 3 heteroatoms. The van der Waals surface area contributed by atoms with Crippen LogP contribution in [0.2, 0.25) is 0 Å². The van der Waals surface area contributed by atoms with E-state index in [2.05, 4.69) is 44.7 Å². The Balaban J connectivity index is 1.88. The smallest absolute Gasteiger partial charge is 0.341 e. The summed E-state index contributed by atoms with van der Waals surface area (Å²) in [5.74, 6) is 1.28. The number of carbonyl (C=O) groups excluding carboxylic acids is 1. The van der Waals surface area contributed by atoms with Crippen LogP contribution in [0.15, 0.2) is 47.7 Å². The van der Waals surface area contributed by atoms with E-state index in [-0.39, 0.29) is 12.1 Å². The van der Waals surface area contributed by atoms with E-state index in [9.17, 15) is 4.79 Å². The molecular weight excluding hydrogens is 276 g/mol. The number of methoxy groups -OCH3 is 1. The molecule has 0 spiro atoms. The fraction of sp³-hybridized carbons (Fsp3) is 0.421. The largest absolute Gasteiger partial charge is 0.484 e. The Morgan fingerprint density at radius 2 is 1.91 bits per heavy atom. The highest BCUT2D eigenvalue weighted by Gasteiger charge is 2.42. The minimum atomic E-state index is -0.340. The number of ether oxygens (including phenoxy) is 2. The van der Waals surface area contributed by atoms with Crippen molar-refractivity contribution in [1.29, 1.82) is 0 Å². The van der Waals surface area contributed by atoms with Gasteiger partial charge in [0.1, 0.15) is 17.4 Å². The third-order valence-electron chi connectivity index (χ3n) is 4.37. The van der Waals surface area contributed by atoms with Gasteiger partial charge in [-0.25, -0.2) is 4.79 Å². The molecule has 0 amide bonds. The lowest BCUT2D eigenvalue weighted by Gasteiger charge is -2.15. The Kier molecular flexibility index (Phi) is 3.81. The molecule has 0 bridgehead atoms. The molecule has 1 aliphatic heterocycles. The second kappa shape index (κ2) is 5.64.